The van der Waals surface area contributed by atoms with Crippen LogP contribution in [0.1, 0.15) is 34.5 Å². The van der Waals surface area contributed by atoms with Crippen LogP contribution in [0.3, 0.4) is 0 Å². The van der Waals surface area contributed by atoms with Gasteiger partial charge in [0.15, 0.2) is 6.10 Å². The number of hydrogen-bond acceptors (Lipinski definition) is 4. The fourth-order valence-electron chi connectivity index (χ4n) is 3.21. The lowest BCUT2D eigenvalue weighted by Gasteiger charge is -2.25. The van der Waals surface area contributed by atoms with E-state index in [1.165, 1.54) is 12.1 Å². The minimum absolute atomic E-state index is 0.186. The molecule has 0 aliphatic carbocycles. The van der Waals surface area contributed by atoms with Gasteiger partial charge in [-0.15, -0.1) is 11.3 Å². The molecule has 4 nitrogen and oxygen atoms in total. The number of nitrogens with one attached hydrogen (secondary N) is 1. The molecule has 0 spiro atoms. The van der Waals surface area contributed by atoms with Crippen LogP contribution in [0.15, 0.2) is 47.8 Å². The number of halogens is 1. The minimum atomic E-state index is -0.909. The molecule has 0 fully saturated rings. The van der Waals surface area contributed by atoms with Crippen LogP contribution in [0.5, 0.6) is 0 Å². The zero-order valence-electron chi connectivity index (χ0n) is 14.0. The summed E-state index contributed by atoms with van der Waals surface area (Å²) in [4.78, 5) is 24.7. The minimum Gasteiger partial charge on any atom is -0.448 e. The molecule has 4 rings (SSSR count). The summed E-state index contributed by atoms with van der Waals surface area (Å²) in [5.41, 5.74) is 1.84. The second kappa shape index (κ2) is 6.53. The van der Waals surface area contributed by atoms with Gasteiger partial charge in [-0.3, -0.25) is 4.79 Å². The zero-order chi connectivity index (χ0) is 18.3. The molecule has 0 saturated heterocycles. The molecule has 0 bridgehead atoms. The molecule has 3 aromatic rings. The van der Waals surface area contributed by atoms with Crippen molar-refractivity contribution in [1.82, 2.24) is 5.32 Å². The number of amides is 1. The molecule has 26 heavy (non-hydrogen) atoms. The molecule has 6 heteroatoms. The number of benzene rings is 2. The molecule has 1 aromatic heterocycles. The number of rotatable bonds is 3. The van der Waals surface area contributed by atoms with Gasteiger partial charge in [0.2, 0.25) is 0 Å². The van der Waals surface area contributed by atoms with Gasteiger partial charge in [-0.1, -0.05) is 24.3 Å². The Morgan fingerprint density at radius 3 is 2.96 bits per heavy atom. The second-order valence-electron chi connectivity index (χ2n) is 6.32. The van der Waals surface area contributed by atoms with E-state index >= 15 is 0 Å². The molecule has 2 atom stereocenters. The van der Waals surface area contributed by atoms with E-state index in [2.05, 4.69) is 5.32 Å². The zero-order valence-corrected chi connectivity index (χ0v) is 14.8. The standard InChI is InChI=1S/C20H16FNO3S/c1-11(16-10-26-18-5-3-2-4-14(16)18)22-19(23)17-8-12-6-7-13(21)9-15(12)20(24)25-17/h2-7,9-11,17H,8H2,1H3,(H,22,23). The molecule has 2 heterocycles. The normalized spacial score (nSPS) is 17.5. The largest absolute Gasteiger partial charge is 0.448 e. The van der Waals surface area contributed by atoms with Crippen molar-refractivity contribution in [2.75, 3.05) is 0 Å². The number of esters is 1. The topological polar surface area (TPSA) is 55.4 Å². The number of ether oxygens (including phenoxy) is 1. The Kier molecular flexibility index (Phi) is 4.20. The van der Waals surface area contributed by atoms with E-state index in [1.807, 2.05) is 36.6 Å². The van der Waals surface area contributed by atoms with Crippen LogP contribution in [0.2, 0.25) is 0 Å². The summed E-state index contributed by atoms with van der Waals surface area (Å²) in [5, 5.41) is 6.06. The molecule has 0 radical (unpaired) electrons. The highest BCUT2D eigenvalue weighted by atomic mass is 32.1. The number of cyclic esters (lactones) is 1. The monoisotopic (exact) mass is 369 g/mol. The van der Waals surface area contributed by atoms with Crippen molar-refractivity contribution in [2.24, 2.45) is 0 Å². The van der Waals surface area contributed by atoms with Crippen molar-refractivity contribution >= 4 is 33.3 Å². The fourth-order valence-corrected chi connectivity index (χ4v) is 4.27. The quantitative estimate of drug-likeness (QED) is 0.710. The summed E-state index contributed by atoms with van der Waals surface area (Å²) in [6.07, 6.45) is -0.669. The lowest BCUT2D eigenvalue weighted by Crippen LogP contribution is -2.42. The number of hydrogen-bond donors (Lipinski definition) is 1. The van der Waals surface area contributed by atoms with Gasteiger partial charge in [-0.2, -0.15) is 0 Å². The van der Waals surface area contributed by atoms with Crippen LogP contribution in [0, 0.1) is 5.82 Å². The van der Waals surface area contributed by atoms with E-state index in [0.717, 1.165) is 21.7 Å². The predicted octanol–water partition coefficient (Wildman–Crippen LogP) is 4.00. The molecule has 1 aliphatic heterocycles. The first-order valence-corrected chi connectivity index (χ1v) is 9.17. The fraction of sp³-hybridized carbons (Fsp3) is 0.200. The molecule has 1 amide bonds. The number of carbonyl (C=O) groups excluding carboxylic acids is 2. The first kappa shape index (κ1) is 16.7. The Morgan fingerprint density at radius 2 is 2.12 bits per heavy atom. The van der Waals surface area contributed by atoms with E-state index in [0.29, 0.717) is 5.56 Å². The summed E-state index contributed by atoms with van der Waals surface area (Å²) >= 11 is 1.63. The Morgan fingerprint density at radius 1 is 1.31 bits per heavy atom. The molecule has 2 unspecified atom stereocenters. The SMILES string of the molecule is CC(NC(=O)C1Cc2ccc(F)cc2C(=O)O1)c1csc2ccccc12. The Balaban J connectivity index is 1.52. The highest BCUT2D eigenvalue weighted by Gasteiger charge is 2.32. The van der Waals surface area contributed by atoms with Crippen molar-refractivity contribution in [3.05, 3.63) is 70.4 Å². The van der Waals surface area contributed by atoms with Gasteiger partial charge in [-0.25, -0.2) is 9.18 Å². The van der Waals surface area contributed by atoms with Crippen LogP contribution in [0.25, 0.3) is 10.1 Å². The summed E-state index contributed by atoms with van der Waals surface area (Å²) in [6.45, 7) is 1.90. The Hall–Kier alpha value is -2.73. The van der Waals surface area contributed by atoms with Gasteiger partial charge >= 0.3 is 5.97 Å². The van der Waals surface area contributed by atoms with E-state index < -0.39 is 17.9 Å². The highest BCUT2D eigenvalue weighted by molar-refractivity contribution is 7.17. The van der Waals surface area contributed by atoms with Gasteiger partial charge in [0.1, 0.15) is 5.82 Å². The van der Waals surface area contributed by atoms with Gasteiger partial charge < -0.3 is 10.1 Å². The molecule has 1 aliphatic rings. The first-order chi connectivity index (χ1) is 12.5. The maximum Gasteiger partial charge on any atom is 0.339 e. The lowest BCUT2D eigenvalue weighted by molar-refractivity contribution is -0.131. The molecule has 2 aromatic carbocycles. The molecular formula is C20H16FNO3S. The van der Waals surface area contributed by atoms with Crippen LogP contribution in [-0.4, -0.2) is 18.0 Å². The number of fused-ring (bicyclic) bond motifs is 2. The van der Waals surface area contributed by atoms with E-state index in [4.69, 9.17) is 4.74 Å². The van der Waals surface area contributed by atoms with Crippen LogP contribution in [0.4, 0.5) is 4.39 Å². The third-order valence-electron chi connectivity index (χ3n) is 4.58. The maximum absolute atomic E-state index is 13.3. The third kappa shape index (κ3) is 2.97. The van der Waals surface area contributed by atoms with Crippen LogP contribution >= 0.6 is 11.3 Å². The summed E-state index contributed by atoms with van der Waals surface area (Å²) < 4.78 is 19.7. The summed E-state index contributed by atoms with van der Waals surface area (Å²) in [7, 11) is 0. The molecular weight excluding hydrogens is 353 g/mol. The van der Waals surface area contributed by atoms with Crippen molar-refractivity contribution in [2.45, 2.75) is 25.5 Å². The van der Waals surface area contributed by atoms with E-state index in [-0.39, 0.29) is 23.9 Å². The average Bonchev–Trinajstić information content (AvgIpc) is 3.06. The van der Waals surface area contributed by atoms with Crippen molar-refractivity contribution in [3.8, 4) is 0 Å². The molecule has 132 valence electrons. The summed E-state index contributed by atoms with van der Waals surface area (Å²) in [5.74, 6) is -1.52. The predicted molar refractivity (Wildman–Crippen MR) is 97.7 cm³/mol. The average molecular weight is 369 g/mol. The lowest BCUT2D eigenvalue weighted by atomic mass is 9.97. The van der Waals surface area contributed by atoms with Crippen molar-refractivity contribution in [1.29, 1.82) is 0 Å². The van der Waals surface area contributed by atoms with Crippen molar-refractivity contribution in [3.63, 3.8) is 0 Å². The molecule has 0 saturated carbocycles. The number of carbonyl (C=O) groups is 2. The van der Waals surface area contributed by atoms with Gasteiger partial charge in [-0.05, 0) is 47.0 Å². The second-order valence-corrected chi connectivity index (χ2v) is 7.23. The van der Waals surface area contributed by atoms with Gasteiger partial charge in [0.25, 0.3) is 5.91 Å². The Bertz CT molecular complexity index is 1010. The molecule has 1 N–H and O–H groups in total. The highest BCUT2D eigenvalue weighted by Crippen LogP contribution is 2.30. The Labute approximate surface area is 153 Å². The van der Waals surface area contributed by atoms with Gasteiger partial charge in [0.05, 0.1) is 11.6 Å². The van der Waals surface area contributed by atoms with Gasteiger partial charge in [0, 0.05) is 11.1 Å². The maximum atomic E-state index is 13.3. The van der Waals surface area contributed by atoms with E-state index in [9.17, 15) is 14.0 Å². The number of thiophene rings is 1. The smallest absolute Gasteiger partial charge is 0.339 e. The van der Waals surface area contributed by atoms with Crippen LogP contribution in [-0.2, 0) is 16.0 Å². The van der Waals surface area contributed by atoms with E-state index in [1.54, 1.807) is 11.3 Å². The summed E-state index contributed by atoms with van der Waals surface area (Å²) in [6, 6.07) is 11.7. The van der Waals surface area contributed by atoms with Crippen molar-refractivity contribution < 1.29 is 18.7 Å². The third-order valence-corrected chi connectivity index (χ3v) is 5.56. The first-order valence-electron chi connectivity index (χ1n) is 8.29. The van der Waals surface area contributed by atoms with Crippen LogP contribution < -0.4 is 5.32 Å².